The van der Waals surface area contributed by atoms with Crippen LogP contribution in [0.25, 0.3) is 17.1 Å². The molecule has 2 aromatic carbocycles. The van der Waals surface area contributed by atoms with Gasteiger partial charge in [-0.1, -0.05) is 42.1 Å². The average Bonchev–Trinajstić information content (AvgIpc) is 3.22. The SMILES string of the molecule is NC(=O)C1CCCCN1C(=O)CSc1nnc(-c2ccccc2)n1-c1ccc(F)cc1. The van der Waals surface area contributed by atoms with Crippen molar-refractivity contribution < 1.29 is 14.0 Å². The second kappa shape index (κ2) is 9.30. The van der Waals surface area contributed by atoms with Crippen molar-refractivity contribution in [3.8, 4) is 17.1 Å². The van der Waals surface area contributed by atoms with Gasteiger partial charge in [-0.2, -0.15) is 0 Å². The number of likely N-dealkylation sites (tertiary alicyclic amines) is 1. The summed E-state index contributed by atoms with van der Waals surface area (Å²) < 4.78 is 15.3. The van der Waals surface area contributed by atoms with Gasteiger partial charge in [-0.25, -0.2) is 4.39 Å². The third kappa shape index (κ3) is 4.61. The number of carbonyl (C=O) groups is 2. The Hall–Kier alpha value is -3.20. The first-order chi connectivity index (χ1) is 15.0. The van der Waals surface area contributed by atoms with Crippen LogP contribution in [0, 0.1) is 5.82 Å². The Morgan fingerprint density at radius 3 is 2.52 bits per heavy atom. The minimum absolute atomic E-state index is 0.0951. The van der Waals surface area contributed by atoms with Gasteiger partial charge in [0.2, 0.25) is 11.8 Å². The molecule has 31 heavy (non-hydrogen) atoms. The summed E-state index contributed by atoms with van der Waals surface area (Å²) in [6.07, 6.45) is 2.32. The fraction of sp³-hybridized carbons (Fsp3) is 0.273. The smallest absolute Gasteiger partial charge is 0.240 e. The molecule has 9 heteroatoms. The summed E-state index contributed by atoms with van der Waals surface area (Å²) in [5.41, 5.74) is 7.02. The first-order valence-electron chi connectivity index (χ1n) is 10.0. The highest BCUT2D eigenvalue weighted by atomic mass is 32.2. The third-order valence-corrected chi connectivity index (χ3v) is 6.14. The van der Waals surface area contributed by atoms with Gasteiger partial charge >= 0.3 is 0 Å². The van der Waals surface area contributed by atoms with E-state index in [-0.39, 0.29) is 17.5 Å². The summed E-state index contributed by atoms with van der Waals surface area (Å²) in [5, 5.41) is 9.11. The third-order valence-electron chi connectivity index (χ3n) is 5.23. The van der Waals surface area contributed by atoms with Gasteiger partial charge in [0.25, 0.3) is 0 Å². The van der Waals surface area contributed by atoms with Crippen molar-refractivity contribution in [3.63, 3.8) is 0 Å². The molecule has 2 heterocycles. The Morgan fingerprint density at radius 2 is 1.81 bits per heavy atom. The van der Waals surface area contributed by atoms with E-state index in [1.807, 2.05) is 30.3 Å². The Balaban J connectivity index is 1.61. The van der Waals surface area contributed by atoms with Crippen LogP contribution in [0.1, 0.15) is 19.3 Å². The molecule has 4 rings (SSSR count). The molecule has 1 saturated heterocycles. The van der Waals surface area contributed by atoms with Crippen LogP contribution in [0.5, 0.6) is 0 Å². The number of amides is 2. The van der Waals surface area contributed by atoms with Crippen LogP contribution in [0.3, 0.4) is 0 Å². The minimum atomic E-state index is -0.559. The quantitative estimate of drug-likeness (QED) is 0.596. The number of piperidine rings is 1. The highest BCUT2D eigenvalue weighted by Crippen LogP contribution is 2.29. The Labute approximate surface area is 183 Å². The highest BCUT2D eigenvalue weighted by molar-refractivity contribution is 7.99. The lowest BCUT2D eigenvalue weighted by Gasteiger charge is -2.33. The molecule has 1 aromatic heterocycles. The predicted molar refractivity (Wildman–Crippen MR) is 116 cm³/mol. The van der Waals surface area contributed by atoms with E-state index >= 15 is 0 Å². The van der Waals surface area contributed by atoms with Crippen molar-refractivity contribution in [2.45, 2.75) is 30.5 Å². The number of halogens is 1. The van der Waals surface area contributed by atoms with Crippen molar-refractivity contribution in [3.05, 3.63) is 60.4 Å². The van der Waals surface area contributed by atoms with Crippen molar-refractivity contribution in [1.82, 2.24) is 19.7 Å². The zero-order valence-corrected chi connectivity index (χ0v) is 17.6. The predicted octanol–water partition coefficient (Wildman–Crippen LogP) is 3.03. The fourth-order valence-corrected chi connectivity index (χ4v) is 4.53. The maximum absolute atomic E-state index is 13.5. The Bertz CT molecular complexity index is 1070. The van der Waals surface area contributed by atoms with Crippen molar-refractivity contribution >= 4 is 23.6 Å². The van der Waals surface area contributed by atoms with Gasteiger partial charge in [-0.3, -0.25) is 14.2 Å². The lowest BCUT2D eigenvalue weighted by molar-refractivity contribution is -0.138. The largest absolute Gasteiger partial charge is 0.368 e. The van der Waals surface area contributed by atoms with Gasteiger partial charge in [0.1, 0.15) is 11.9 Å². The van der Waals surface area contributed by atoms with E-state index in [0.717, 1.165) is 18.4 Å². The van der Waals surface area contributed by atoms with Gasteiger partial charge in [-0.05, 0) is 43.5 Å². The second-order valence-corrected chi connectivity index (χ2v) is 8.22. The van der Waals surface area contributed by atoms with Crippen LogP contribution < -0.4 is 5.73 Å². The van der Waals surface area contributed by atoms with Gasteiger partial charge in [0, 0.05) is 17.8 Å². The lowest BCUT2D eigenvalue weighted by Crippen LogP contribution is -2.51. The number of aromatic nitrogens is 3. The van der Waals surface area contributed by atoms with Crippen LogP contribution in [-0.2, 0) is 9.59 Å². The summed E-state index contributed by atoms with van der Waals surface area (Å²) in [7, 11) is 0. The molecule has 1 aliphatic heterocycles. The van der Waals surface area contributed by atoms with Crippen LogP contribution in [0.2, 0.25) is 0 Å². The number of rotatable bonds is 6. The number of hydrogen-bond donors (Lipinski definition) is 1. The topological polar surface area (TPSA) is 94.1 Å². The molecule has 1 fully saturated rings. The van der Waals surface area contributed by atoms with Gasteiger partial charge in [0.15, 0.2) is 11.0 Å². The Kier molecular flexibility index (Phi) is 6.31. The van der Waals surface area contributed by atoms with E-state index < -0.39 is 11.9 Å². The number of hydrogen-bond acceptors (Lipinski definition) is 5. The van der Waals surface area contributed by atoms with Crippen molar-refractivity contribution in [2.75, 3.05) is 12.3 Å². The summed E-state index contributed by atoms with van der Waals surface area (Å²) in [6.45, 7) is 0.521. The number of carbonyl (C=O) groups excluding carboxylic acids is 2. The average molecular weight is 440 g/mol. The zero-order valence-electron chi connectivity index (χ0n) is 16.8. The molecule has 3 aromatic rings. The highest BCUT2D eigenvalue weighted by Gasteiger charge is 2.30. The molecule has 0 spiro atoms. The van der Waals surface area contributed by atoms with E-state index in [1.165, 1.54) is 23.9 Å². The maximum Gasteiger partial charge on any atom is 0.240 e. The van der Waals surface area contributed by atoms with Gasteiger partial charge in [-0.15, -0.1) is 10.2 Å². The minimum Gasteiger partial charge on any atom is -0.368 e. The molecule has 2 N–H and O–H groups in total. The molecule has 1 atom stereocenters. The summed E-state index contributed by atoms with van der Waals surface area (Å²) >= 11 is 1.23. The molecular formula is C22H22FN5O2S. The van der Waals surface area contributed by atoms with Crippen molar-refractivity contribution in [1.29, 1.82) is 0 Å². The van der Waals surface area contributed by atoms with Crippen LogP contribution in [0.4, 0.5) is 4.39 Å². The van der Waals surface area contributed by atoms with Crippen LogP contribution in [-0.4, -0.2) is 49.8 Å². The number of thioether (sulfide) groups is 1. The first kappa shape index (κ1) is 21.0. The molecule has 0 saturated carbocycles. The molecule has 0 bridgehead atoms. The number of benzene rings is 2. The molecule has 0 radical (unpaired) electrons. The molecule has 160 valence electrons. The van der Waals surface area contributed by atoms with E-state index in [9.17, 15) is 14.0 Å². The Morgan fingerprint density at radius 1 is 1.06 bits per heavy atom. The summed E-state index contributed by atoms with van der Waals surface area (Å²) in [5.74, 6) is -0.291. The molecular weight excluding hydrogens is 417 g/mol. The second-order valence-electron chi connectivity index (χ2n) is 7.27. The monoisotopic (exact) mass is 439 g/mol. The van der Waals surface area contributed by atoms with Crippen molar-refractivity contribution in [2.24, 2.45) is 5.73 Å². The first-order valence-corrected chi connectivity index (χ1v) is 11.0. The maximum atomic E-state index is 13.5. The number of nitrogens with two attached hydrogens (primary N) is 1. The van der Waals surface area contributed by atoms with Gasteiger partial charge in [0.05, 0.1) is 5.75 Å². The molecule has 1 aliphatic rings. The van der Waals surface area contributed by atoms with Crippen LogP contribution in [0.15, 0.2) is 59.8 Å². The van der Waals surface area contributed by atoms with E-state index in [1.54, 1.807) is 21.6 Å². The number of nitrogens with zero attached hydrogens (tertiary/aromatic N) is 4. The number of primary amides is 1. The fourth-order valence-electron chi connectivity index (χ4n) is 3.70. The molecule has 1 unspecified atom stereocenters. The molecule has 7 nitrogen and oxygen atoms in total. The summed E-state index contributed by atoms with van der Waals surface area (Å²) in [6, 6.07) is 15.0. The van der Waals surface area contributed by atoms with E-state index in [0.29, 0.717) is 29.6 Å². The summed E-state index contributed by atoms with van der Waals surface area (Å²) in [4.78, 5) is 26.1. The van der Waals surface area contributed by atoms with E-state index in [4.69, 9.17) is 5.73 Å². The normalized spacial score (nSPS) is 16.3. The van der Waals surface area contributed by atoms with E-state index in [2.05, 4.69) is 10.2 Å². The lowest BCUT2D eigenvalue weighted by atomic mass is 10.0. The van der Waals surface area contributed by atoms with Crippen LogP contribution >= 0.6 is 11.8 Å². The standard InChI is InChI=1S/C22H22FN5O2S/c23-16-9-11-17(12-10-16)28-21(15-6-2-1-3-7-15)25-26-22(28)31-14-19(29)27-13-5-4-8-18(27)20(24)30/h1-3,6-7,9-12,18H,4-5,8,13-14H2,(H2,24,30). The van der Waals surface area contributed by atoms with Gasteiger partial charge < -0.3 is 10.6 Å². The zero-order chi connectivity index (χ0) is 21.8. The molecule has 2 amide bonds. The molecule has 0 aliphatic carbocycles.